The largest absolute Gasteiger partial charge is 0.394 e. The lowest BCUT2D eigenvalue weighted by Gasteiger charge is -2.36. The van der Waals surface area contributed by atoms with Crippen molar-refractivity contribution in [2.24, 2.45) is 0 Å². The maximum absolute atomic E-state index is 11.7. The molecule has 1 aliphatic heterocycles. The van der Waals surface area contributed by atoms with E-state index >= 15 is 0 Å². The third kappa shape index (κ3) is 3.81. The molecular formula is C11H18N2O3. The summed E-state index contributed by atoms with van der Waals surface area (Å²) in [5.41, 5.74) is 0. The Morgan fingerprint density at radius 3 is 3.06 bits per heavy atom. The fraction of sp³-hybridized carbons (Fsp3) is 0.727. The monoisotopic (exact) mass is 226 g/mol. The molecule has 0 bridgehead atoms. The topological polar surface area (TPSA) is 61.8 Å². The van der Waals surface area contributed by atoms with Crippen LogP contribution in [0.5, 0.6) is 0 Å². The summed E-state index contributed by atoms with van der Waals surface area (Å²) in [4.78, 5) is 13.4. The molecule has 0 aliphatic carbocycles. The molecule has 1 heterocycles. The van der Waals surface area contributed by atoms with Crippen molar-refractivity contribution < 1.29 is 14.6 Å². The molecule has 0 radical (unpaired) electrons. The van der Waals surface area contributed by atoms with Crippen LogP contribution in [-0.2, 0) is 9.53 Å². The number of aliphatic hydroxyl groups is 1. The van der Waals surface area contributed by atoms with Gasteiger partial charge in [0.25, 0.3) is 0 Å². The van der Waals surface area contributed by atoms with Crippen LogP contribution in [0.2, 0.25) is 0 Å². The van der Waals surface area contributed by atoms with Gasteiger partial charge in [0.15, 0.2) is 0 Å². The molecule has 0 spiro atoms. The first-order valence-electron chi connectivity index (χ1n) is 5.35. The molecule has 1 aliphatic rings. The zero-order valence-electron chi connectivity index (χ0n) is 9.48. The highest BCUT2D eigenvalue weighted by Crippen LogP contribution is 2.10. The zero-order chi connectivity index (χ0) is 12.0. The van der Waals surface area contributed by atoms with Crippen LogP contribution in [0.1, 0.15) is 6.92 Å². The summed E-state index contributed by atoms with van der Waals surface area (Å²) in [6.07, 6.45) is 4.75. The van der Waals surface area contributed by atoms with Crippen LogP contribution in [0.25, 0.3) is 0 Å². The van der Waals surface area contributed by atoms with Crippen LogP contribution < -0.4 is 5.32 Å². The van der Waals surface area contributed by atoms with E-state index in [1.54, 1.807) is 4.90 Å². The fourth-order valence-electron chi connectivity index (χ4n) is 1.70. The molecule has 0 aromatic carbocycles. The number of carbonyl (C=O) groups is 1. The Labute approximate surface area is 95.8 Å². The molecular weight excluding hydrogens is 208 g/mol. The van der Waals surface area contributed by atoms with E-state index in [1.165, 1.54) is 0 Å². The van der Waals surface area contributed by atoms with Gasteiger partial charge in [-0.15, -0.1) is 6.42 Å². The van der Waals surface area contributed by atoms with Gasteiger partial charge in [-0.2, -0.15) is 0 Å². The van der Waals surface area contributed by atoms with Crippen LogP contribution in [0.15, 0.2) is 0 Å². The molecule has 1 fully saturated rings. The average Bonchev–Trinajstić information content (AvgIpc) is 2.28. The number of hydrogen-bond acceptors (Lipinski definition) is 4. The first-order chi connectivity index (χ1) is 7.67. The Balaban J connectivity index is 2.39. The number of hydrogen-bond donors (Lipinski definition) is 2. The number of aliphatic hydroxyl groups excluding tert-OH is 1. The lowest BCUT2D eigenvalue weighted by atomic mass is 10.2. The molecule has 16 heavy (non-hydrogen) atoms. The quantitative estimate of drug-likeness (QED) is 0.468. The normalized spacial score (nSPS) is 25.2. The first kappa shape index (κ1) is 13.0. The minimum absolute atomic E-state index is 0.0103. The van der Waals surface area contributed by atoms with Crippen molar-refractivity contribution >= 4 is 5.91 Å². The molecule has 2 atom stereocenters. The van der Waals surface area contributed by atoms with Gasteiger partial charge in [0.05, 0.1) is 31.9 Å². The van der Waals surface area contributed by atoms with Gasteiger partial charge < -0.3 is 14.7 Å². The highest BCUT2D eigenvalue weighted by atomic mass is 16.5. The highest BCUT2D eigenvalue weighted by Gasteiger charge is 2.27. The van der Waals surface area contributed by atoms with Gasteiger partial charge in [0.2, 0.25) is 5.91 Å². The number of carbonyl (C=O) groups excluding carboxylic acids is 1. The van der Waals surface area contributed by atoms with Crippen molar-refractivity contribution in [1.82, 2.24) is 10.2 Å². The van der Waals surface area contributed by atoms with Gasteiger partial charge in [-0.1, -0.05) is 5.92 Å². The molecule has 1 saturated heterocycles. The molecule has 0 saturated carbocycles. The second-order valence-electron chi connectivity index (χ2n) is 3.86. The van der Waals surface area contributed by atoms with Gasteiger partial charge in [-0.3, -0.25) is 10.1 Å². The number of morpholine rings is 1. The van der Waals surface area contributed by atoms with Gasteiger partial charge in [-0.05, 0) is 6.92 Å². The Morgan fingerprint density at radius 1 is 1.69 bits per heavy atom. The summed E-state index contributed by atoms with van der Waals surface area (Å²) in [7, 11) is 0. The van der Waals surface area contributed by atoms with E-state index in [4.69, 9.17) is 16.3 Å². The zero-order valence-corrected chi connectivity index (χ0v) is 9.48. The maximum Gasteiger partial charge on any atom is 0.236 e. The van der Waals surface area contributed by atoms with Crippen molar-refractivity contribution in [2.75, 3.05) is 32.8 Å². The number of rotatable bonds is 4. The number of ether oxygens (including phenoxy) is 1. The second-order valence-corrected chi connectivity index (χ2v) is 3.86. The summed E-state index contributed by atoms with van der Waals surface area (Å²) >= 11 is 0. The Bertz CT molecular complexity index is 275. The summed E-state index contributed by atoms with van der Waals surface area (Å²) < 4.78 is 5.44. The van der Waals surface area contributed by atoms with Gasteiger partial charge in [0.1, 0.15) is 0 Å². The molecule has 5 heteroatoms. The van der Waals surface area contributed by atoms with E-state index < -0.39 is 0 Å². The second kappa shape index (κ2) is 6.48. The Morgan fingerprint density at radius 2 is 2.44 bits per heavy atom. The third-order valence-electron chi connectivity index (χ3n) is 2.39. The number of nitrogens with zero attached hydrogens (tertiary/aromatic N) is 1. The Hall–Kier alpha value is -1.09. The highest BCUT2D eigenvalue weighted by molar-refractivity contribution is 5.78. The molecule has 90 valence electrons. The molecule has 2 unspecified atom stereocenters. The average molecular weight is 226 g/mol. The molecule has 0 aromatic rings. The summed E-state index contributed by atoms with van der Waals surface area (Å²) in [6, 6.07) is 0. The molecule has 1 amide bonds. The van der Waals surface area contributed by atoms with E-state index in [-0.39, 0.29) is 31.3 Å². The smallest absolute Gasteiger partial charge is 0.236 e. The van der Waals surface area contributed by atoms with E-state index in [9.17, 15) is 4.79 Å². The van der Waals surface area contributed by atoms with Gasteiger partial charge in [0, 0.05) is 13.1 Å². The lowest BCUT2D eigenvalue weighted by molar-refractivity contribution is -0.146. The molecule has 0 aromatic heterocycles. The standard InChI is InChI=1S/C11H18N2O3/c1-3-4-12-5-11(15)13-6-9(2)16-10(7-13)8-14/h1,9-10,12,14H,4-8H2,2H3. The maximum atomic E-state index is 11.7. The molecule has 2 N–H and O–H groups in total. The molecule has 1 rings (SSSR count). The van der Waals surface area contributed by atoms with E-state index in [2.05, 4.69) is 11.2 Å². The van der Waals surface area contributed by atoms with E-state index in [0.717, 1.165) is 0 Å². The van der Waals surface area contributed by atoms with Gasteiger partial charge >= 0.3 is 0 Å². The number of amides is 1. The SMILES string of the molecule is C#CCNCC(=O)N1CC(C)OC(CO)C1. The van der Waals surface area contributed by atoms with Crippen LogP contribution in [-0.4, -0.2) is 60.9 Å². The predicted molar refractivity (Wildman–Crippen MR) is 59.7 cm³/mol. The van der Waals surface area contributed by atoms with Gasteiger partial charge in [-0.25, -0.2) is 0 Å². The van der Waals surface area contributed by atoms with Crippen molar-refractivity contribution in [3.05, 3.63) is 0 Å². The lowest BCUT2D eigenvalue weighted by Crippen LogP contribution is -2.52. The number of terminal acetylenes is 1. The Kier molecular flexibility index (Phi) is 5.26. The van der Waals surface area contributed by atoms with Crippen LogP contribution in [0.3, 0.4) is 0 Å². The summed E-state index contributed by atoms with van der Waals surface area (Å²) in [5, 5.41) is 11.9. The minimum Gasteiger partial charge on any atom is -0.394 e. The summed E-state index contributed by atoms with van der Waals surface area (Å²) in [5.74, 6) is 2.40. The van der Waals surface area contributed by atoms with Crippen molar-refractivity contribution in [3.63, 3.8) is 0 Å². The van der Waals surface area contributed by atoms with Crippen molar-refractivity contribution in [3.8, 4) is 12.3 Å². The van der Waals surface area contributed by atoms with Crippen molar-refractivity contribution in [2.45, 2.75) is 19.1 Å². The number of nitrogens with one attached hydrogen (secondary N) is 1. The third-order valence-corrected chi connectivity index (χ3v) is 2.39. The minimum atomic E-state index is -0.277. The fourth-order valence-corrected chi connectivity index (χ4v) is 1.70. The predicted octanol–water partition coefficient (Wildman–Crippen LogP) is -1.18. The van der Waals surface area contributed by atoms with Crippen LogP contribution in [0.4, 0.5) is 0 Å². The van der Waals surface area contributed by atoms with E-state index in [0.29, 0.717) is 19.6 Å². The van der Waals surface area contributed by atoms with E-state index in [1.807, 2.05) is 6.92 Å². The van der Waals surface area contributed by atoms with Crippen molar-refractivity contribution in [1.29, 1.82) is 0 Å². The summed E-state index contributed by atoms with van der Waals surface area (Å²) in [6.45, 7) is 3.44. The molecule has 5 nitrogen and oxygen atoms in total. The first-order valence-corrected chi connectivity index (χ1v) is 5.35. The van der Waals surface area contributed by atoms with Crippen LogP contribution >= 0.6 is 0 Å². The van der Waals surface area contributed by atoms with Crippen LogP contribution in [0, 0.1) is 12.3 Å².